The van der Waals surface area contributed by atoms with E-state index in [-0.39, 0.29) is 5.91 Å². The Morgan fingerprint density at radius 1 is 1.28 bits per heavy atom. The highest BCUT2D eigenvalue weighted by Crippen LogP contribution is 2.25. The van der Waals surface area contributed by atoms with Crippen LogP contribution in [0.25, 0.3) is 11.1 Å². The Labute approximate surface area is 112 Å². The maximum absolute atomic E-state index is 10.9. The lowest BCUT2D eigenvalue weighted by Crippen LogP contribution is -2.06. The molecule has 0 atom stereocenters. The zero-order valence-electron chi connectivity index (χ0n) is 10.3. The van der Waals surface area contributed by atoms with Crippen LogP contribution in [0, 0.1) is 6.92 Å². The first kappa shape index (κ1) is 12.6. The quantitative estimate of drug-likeness (QED) is 0.811. The average Bonchev–Trinajstić information content (AvgIpc) is 2.30. The summed E-state index contributed by atoms with van der Waals surface area (Å²) in [6.07, 6.45) is 1.76. The van der Waals surface area contributed by atoms with Crippen LogP contribution < -0.4 is 5.32 Å². The van der Waals surface area contributed by atoms with Crippen molar-refractivity contribution < 1.29 is 4.79 Å². The predicted octanol–water partition coefficient (Wildman–Crippen LogP) is 3.30. The highest BCUT2D eigenvalue weighted by atomic mass is 32.1. The van der Waals surface area contributed by atoms with Gasteiger partial charge < -0.3 is 5.32 Å². The topological polar surface area (TPSA) is 42.0 Å². The summed E-state index contributed by atoms with van der Waals surface area (Å²) in [6, 6.07) is 9.73. The smallest absolute Gasteiger partial charge is 0.222 e. The lowest BCUT2D eigenvalue weighted by molar-refractivity contribution is -0.114. The SMILES string of the molecule is CC(=O)Nc1ccc(-c2ccc(S)cc2C)cn1. The molecule has 0 radical (unpaired) electrons. The van der Waals surface area contributed by atoms with Crippen LogP contribution in [0.2, 0.25) is 0 Å². The number of hydrogen-bond donors (Lipinski definition) is 2. The number of thiol groups is 1. The van der Waals surface area contributed by atoms with Crippen molar-refractivity contribution in [3.63, 3.8) is 0 Å². The molecular weight excluding hydrogens is 244 g/mol. The van der Waals surface area contributed by atoms with Crippen molar-refractivity contribution in [1.82, 2.24) is 4.98 Å². The van der Waals surface area contributed by atoms with Gasteiger partial charge in [0.25, 0.3) is 0 Å². The minimum Gasteiger partial charge on any atom is -0.311 e. The van der Waals surface area contributed by atoms with Gasteiger partial charge in [-0.15, -0.1) is 12.6 Å². The van der Waals surface area contributed by atoms with Gasteiger partial charge in [-0.05, 0) is 42.3 Å². The Hall–Kier alpha value is -1.81. The Kier molecular flexibility index (Phi) is 3.67. The summed E-state index contributed by atoms with van der Waals surface area (Å²) < 4.78 is 0. The molecule has 0 unspecified atom stereocenters. The summed E-state index contributed by atoms with van der Waals surface area (Å²) in [5.41, 5.74) is 3.29. The highest BCUT2D eigenvalue weighted by molar-refractivity contribution is 7.80. The van der Waals surface area contributed by atoms with Gasteiger partial charge in [0.05, 0.1) is 0 Å². The molecule has 0 aliphatic carbocycles. The predicted molar refractivity (Wildman–Crippen MR) is 76.0 cm³/mol. The minimum absolute atomic E-state index is 0.120. The molecule has 0 aliphatic rings. The lowest BCUT2D eigenvalue weighted by Gasteiger charge is -2.07. The molecule has 1 N–H and O–H groups in total. The Morgan fingerprint density at radius 2 is 2.06 bits per heavy atom. The molecule has 1 heterocycles. The third-order valence-corrected chi connectivity index (χ3v) is 2.87. The molecule has 0 bridgehead atoms. The number of amides is 1. The molecule has 0 fully saturated rings. The van der Waals surface area contributed by atoms with Gasteiger partial charge >= 0.3 is 0 Å². The molecule has 0 saturated heterocycles. The number of aromatic nitrogens is 1. The van der Waals surface area contributed by atoms with E-state index >= 15 is 0 Å². The fourth-order valence-electron chi connectivity index (χ4n) is 1.78. The fourth-order valence-corrected chi connectivity index (χ4v) is 2.05. The molecule has 0 saturated carbocycles. The molecule has 0 spiro atoms. The second kappa shape index (κ2) is 5.23. The van der Waals surface area contributed by atoms with Crippen molar-refractivity contribution in [2.45, 2.75) is 18.7 Å². The van der Waals surface area contributed by atoms with Gasteiger partial charge in [0.1, 0.15) is 5.82 Å². The summed E-state index contributed by atoms with van der Waals surface area (Å²) in [7, 11) is 0. The van der Waals surface area contributed by atoms with Crippen molar-refractivity contribution >= 4 is 24.4 Å². The summed E-state index contributed by atoms with van der Waals surface area (Å²) in [6.45, 7) is 3.50. The van der Waals surface area contributed by atoms with Crippen LogP contribution in [0.4, 0.5) is 5.82 Å². The van der Waals surface area contributed by atoms with Crippen LogP contribution in [0.1, 0.15) is 12.5 Å². The second-order valence-corrected chi connectivity index (χ2v) is 4.63. The standard InChI is InChI=1S/C14H14N2OS/c1-9-7-12(18)4-5-13(9)11-3-6-14(15-8-11)16-10(2)17/h3-8,18H,1-2H3,(H,15,16,17). The van der Waals surface area contributed by atoms with Crippen LogP contribution in [0.5, 0.6) is 0 Å². The Morgan fingerprint density at radius 3 is 2.61 bits per heavy atom. The first-order chi connectivity index (χ1) is 8.56. The zero-order valence-corrected chi connectivity index (χ0v) is 11.2. The van der Waals surface area contributed by atoms with E-state index in [9.17, 15) is 4.79 Å². The van der Waals surface area contributed by atoms with Crippen molar-refractivity contribution in [1.29, 1.82) is 0 Å². The van der Waals surface area contributed by atoms with E-state index in [0.29, 0.717) is 5.82 Å². The third-order valence-electron chi connectivity index (χ3n) is 2.59. The molecule has 92 valence electrons. The minimum atomic E-state index is -0.120. The maximum Gasteiger partial charge on any atom is 0.222 e. The van der Waals surface area contributed by atoms with Crippen molar-refractivity contribution in [3.05, 3.63) is 42.1 Å². The number of rotatable bonds is 2. The Balaban J connectivity index is 2.31. The van der Waals surface area contributed by atoms with Gasteiger partial charge in [-0.3, -0.25) is 4.79 Å². The normalized spacial score (nSPS) is 10.2. The first-order valence-electron chi connectivity index (χ1n) is 5.60. The van der Waals surface area contributed by atoms with Crippen LogP contribution >= 0.6 is 12.6 Å². The van der Waals surface area contributed by atoms with Crippen LogP contribution in [0.15, 0.2) is 41.4 Å². The highest BCUT2D eigenvalue weighted by Gasteiger charge is 2.03. The second-order valence-electron chi connectivity index (χ2n) is 4.11. The molecule has 0 aliphatic heterocycles. The van der Waals surface area contributed by atoms with Gasteiger partial charge in [-0.2, -0.15) is 0 Å². The number of nitrogens with one attached hydrogen (secondary N) is 1. The van der Waals surface area contributed by atoms with Gasteiger partial charge in [-0.25, -0.2) is 4.98 Å². The molecule has 18 heavy (non-hydrogen) atoms. The van der Waals surface area contributed by atoms with E-state index in [0.717, 1.165) is 21.6 Å². The van der Waals surface area contributed by atoms with Gasteiger partial charge in [-0.1, -0.05) is 6.07 Å². The molecule has 1 aromatic heterocycles. The average molecular weight is 258 g/mol. The van der Waals surface area contributed by atoms with E-state index in [1.165, 1.54) is 6.92 Å². The Bertz CT molecular complexity index is 579. The fraction of sp³-hybridized carbons (Fsp3) is 0.143. The molecule has 2 aromatic rings. The zero-order chi connectivity index (χ0) is 13.1. The number of pyridine rings is 1. The maximum atomic E-state index is 10.9. The van der Waals surface area contributed by atoms with E-state index < -0.39 is 0 Å². The number of aryl methyl sites for hydroxylation is 1. The summed E-state index contributed by atoms with van der Waals surface area (Å²) in [5, 5.41) is 2.64. The summed E-state index contributed by atoms with van der Waals surface area (Å²) in [4.78, 5) is 16.1. The van der Waals surface area contributed by atoms with Gasteiger partial charge in [0, 0.05) is 23.6 Å². The molecule has 2 rings (SSSR count). The summed E-state index contributed by atoms with van der Waals surface area (Å²) in [5.74, 6) is 0.445. The van der Waals surface area contributed by atoms with E-state index in [4.69, 9.17) is 0 Å². The molecule has 1 aromatic carbocycles. The monoisotopic (exact) mass is 258 g/mol. The van der Waals surface area contributed by atoms with Gasteiger partial charge in [0.2, 0.25) is 5.91 Å². The van der Waals surface area contributed by atoms with Crippen molar-refractivity contribution in [2.24, 2.45) is 0 Å². The van der Waals surface area contributed by atoms with Gasteiger partial charge in [0.15, 0.2) is 0 Å². The largest absolute Gasteiger partial charge is 0.311 e. The number of benzene rings is 1. The summed E-state index contributed by atoms with van der Waals surface area (Å²) >= 11 is 4.30. The number of nitrogens with zero attached hydrogens (tertiary/aromatic N) is 1. The molecular formula is C14H14N2OS. The number of anilines is 1. The van der Waals surface area contributed by atoms with E-state index in [1.54, 1.807) is 12.3 Å². The number of carbonyl (C=O) groups excluding carboxylic acids is 1. The first-order valence-corrected chi connectivity index (χ1v) is 6.04. The van der Waals surface area contributed by atoms with E-state index in [2.05, 4.69) is 22.9 Å². The van der Waals surface area contributed by atoms with Crippen LogP contribution in [-0.4, -0.2) is 10.9 Å². The third kappa shape index (κ3) is 2.90. The molecule has 3 nitrogen and oxygen atoms in total. The molecule has 1 amide bonds. The van der Waals surface area contributed by atoms with Crippen LogP contribution in [0.3, 0.4) is 0 Å². The molecule has 4 heteroatoms. The van der Waals surface area contributed by atoms with Crippen LogP contribution in [-0.2, 0) is 4.79 Å². The lowest BCUT2D eigenvalue weighted by atomic mass is 10.0. The van der Waals surface area contributed by atoms with E-state index in [1.807, 2.05) is 31.2 Å². The van der Waals surface area contributed by atoms with Crippen molar-refractivity contribution in [2.75, 3.05) is 5.32 Å². The van der Waals surface area contributed by atoms with Crippen molar-refractivity contribution in [3.8, 4) is 11.1 Å². The number of hydrogen-bond acceptors (Lipinski definition) is 3. The number of carbonyl (C=O) groups is 1.